The number of benzene rings is 13. The Morgan fingerprint density at radius 3 is 1.90 bits per heavy atom. The van der Waals surface area contributed by atoms with Crippen LogP contribution in [-0.4, -0.2) is 23.0 Å². The van der Waals surface area contributed by atoms with E-state index in [0.717, 1.165) is 77.5 Å². The predicted molar refractivity (Wildman–Crippen MR) is 433 cm³/mol. The van der Waals surface area contributed by atoms with Gasteiger partial charge in [0.25, 0.3) is 0 Å². The van der Waals surface area contributed by atoms with E-state index in [0.29, 0.717) is 0 Å². The molecule has 13 aromatic carbocycles. The lowest BCUT2D eigenvalue weighted by atomic mass is 9.86. The highest BCUT2D eigenvalue weighted by atomic mass is 32.2. The molecule has 8 nitrogen and oxygen atoms in total. The van der Waals surface area contributed by atoms with Gasteiger partial charge in [-0.1, -0.05) is 212 Å². The second kappa shape index (κ2) is 23.7. The third kappa shape index (κ3) is 9.81. The summed E-state index contributed by atoms with van der Waals surface area (Å²) < 4.78 is 20.6. The number of thioether (sulfide) groups is 1. The van der Waals surface area contributed by atoms with Crippen LogP contribution in [0.4, 0.5) is 0 Å². The molecule has 103 heavy (non-hydrogen) atoms. The highest BCUT2D eigenvalue weighted by Crippen LogP contribution is 2.53. The summed E-state index contributed by atoms with van der Waals surface area (Å²) in [7, 11) is 2.23. The lowest BCUT2D eigenvalue weighted by molar-refractivity contribution is 0.0415. The Balaban J connectivity index is 0.576. The Bertz CT molecular complexity index is 6670. The normalized spacial score (nSPS) is 20.0. The molecule has 4 aliphatic rings. The number of allylic oxidation sites excluding steroid dienone is 3. The quantitative estimate of drug-likeness (QED) is 0.114. The average molecular weight is 1400 g/mol. The molecule has 12 heteroatoms. The van der Waals surface area contributed by atoms with Crippen LogP contribution in [0.3, 0.4) is 0 Å². The second-order valence-corrected chi connectivity index (χ2v) is 32.2. The number of amidine groups is 1. The van der Waals surface area contributed by atoms with E-state index < -0.39 is 0 Å². The third-order valence-corrected chi connectivity index (χ3v) is 26.8. The Kier molecular flexibility index (Phi) is 13.8. The van der Waals surface area contributed by atoms with Gasteiger partial charge in [0, 0.05) is 104 Å². The molecular formula is C91H62N6O2S4. The molecule has 7 atom stereocenters. The number of nitrogens with zero attached hydrogens (tertiary/aromatic N) is 2. The summed E-state index contributed by atoms with van der Waals surface area (Å²) in [6, 6.07) is 100. The maximum atomic E-state index is 6.44. The van der Waals surface area contributed by atoms with Crippen molar-refractivity contribution in [2.75, 3.05) is 7.05 Å². The van der Waals surface area contributed by atoms with E-state index >= 15 is 0 Å². The molecule has 0 spiro atoms. The number of para-hydroxylation sites is 2. The average Bonchev–Trinajstić information content (AvgIpc) is 1.64. The van der Waals surface area contributed by atoms with Crippen LogP contribution in [-0.2, 0) is 0 Å². The van der Waals surface area contributed by atoms with E-state index in [1.165, 1.54) is 110 Å². The van der Waals surface area contributed by atoms with Crippen LogP contribution in [0.15, 0.2) is 310 Å². The summed E-state index contributed by atoms with van der Waals surface area (Å²) >= 11 is 7.64. The molecular weight excluding hydrogens is 1340 g/mol. The van der Waals surface area contributed by atoms with Gasteiger partial charge in [-0.2, -0.15) is 0 Å². The van der Waals surface area contributed by atoms with Crippen LogP contribution in [0.25, 0.3) is 132 Å². The zero-order valence-electron chi connectivity index (χ0n) is 55.6. The Morgan fingerprint density at radius 2 is 1.02 bits per heavy atom. The molecule has 8 heterocycles. The fourth-order valence-corrected chi connectivity index (χ4v) is 21.9. The van der Waals surface area contributed by atoms with Crippen LogP contribution in [0, 0.1) is 0 Å². The van der Waals surface area contributed by atoms with E-state index in [-0.39, 0.29) is 42.0 Å². The monoisotopic (exact) mass is 1400 g/mol. The first kappa shape index (κ1) is 59.9. The SMILES string of the molecule is CN1C(c2ccc3c(c2)C2C=CC(c4cccc5c4sc4cccc(-c6cccc(C7N=C(c8ccc9oc%10ccccc%10c9c8)NC(c8ccc9sc%10cc(-c%11cccc%12c%11sc%11ccccc%11%12)ccc%10c9c8)N7)c6)c45)=CC2S3)NC(c2ccccc2)NC1c1ccc2c(c1)oc1ccccc12. The van der Waals surface area contributed by atoms with Gasteiger partial charge in [-0.3, -0.25) is 20.9 Å². The molecule has 5 aromatic heterocycles. The van der Waals surface area contributed by atoms with Crippen LogP contribution < -0.4 is 21.3 Å². The van der Waals surface area contributed by atoms with Gasteiger partial charge in [-0.25, -0.2) is 4.99 Å². The Hall–Kier alpha value is -10.7. The molecule has 0 radical (unpaired) electrons. The maximum Gasteiger partial charge on any atom is 0.135 e. The van der Waals surface area contributed by atoms with Gasteiger partial charge in [-0.15, -0.1) is 45.8 Å². The fraction of sp³-hybridized carbons (Fsp3) is 0.0879. The van der Waals surface area contributed by atoms with Crippen molar-refractivity contribution in [1.29, 1.82) is 0 Å². The molecule has 22 rings (SSSR count). The van der Waals surface area contributed by atoms with Gasteiger partial charge in [0.05, 0.1) is 18.5 Å². The minimum Gasteiger partial charge on any atom is -0.456 e. The van der Waals surface area contributed by atoms with E-state index in [4.69, 9.17) is 13.8 Å². The summed E-state index contributed by atoms with van der Waals surface area (Å²) in [5.74, 6) is 1.07. The fourth-order valence-electron chi connectivity index (χ4n) is 16.9. The third-order valence-electron chi connectivity index (χ3n) is 21.9. The highest BCUT2D eigenvalue weighted by Gasteiger charge is 2.39. The summed E-state index contributed by atoms with van der Waals surface area (Å²) in [5, 5.41) is 28.3. The van der Waals surface area contributed by atoms with Gasteiger partial charge >= 0.3 is 0 Å². The number of hydrogen-bond acceptors (Lipinski definition) is 12. The van der Waals surface area contributed by atoms with Crippen molar-refractivity contribution in [3.05, 3.63) is 336 Å². The van der Waals surface area contributed by atoms with Crippen molar-refractivity contribution in [2.24, 2.45) is 4.99 Å². The minimum atomic E-state index is -0.380. The Labute approximate surface area is 608 Å². The van der Waals surface area contributed by atoms with Gasteiger partial charge in [0.15, 0.2) is 0 Å². The summed E-state index contributed by atoms with van der Waals surface area (Å²) in [5.41, 5.74) is 19.2. The molecule has 0 bridgehead atoms. The topological polar surface area (TPSA) is 90.0 Å². The largest absolute Gasteiger partial charge is 0.456 e. The van der Waals surface area contributed by atoms with E-state index in [1.807, 2.05) is 64.0 Å². The van der Waals surface area contributed by atoms with Crippen molar-refractivity contribution < 1.29 is 8.83 Å². The first-order valence-corrected chi connectivity index (χ1v) is 38.6. The zero-order valence-corrected chi connectivity index (χ0v) is 58.9. The first-order valence-electron chi connectivity index (χ1n) is 35.2. The number of rotatable bonds is 9. The first-order chi connectivity index (χ1) is 50.9. The summed E-state index contributed by atoms with van der Waals surface area (Å²) in [4.78, 5) is 9.37. The molecule has 1 aliphatic carbocycles. The van der Waals surface area contributed by atoms with E-state index in [9.17, 15) is 0 Å². The molecule has 1 fully saturated rings. The summed E-state index contributed by atoms with van der Waals surface area (Å²) in [6.45, 7) is 0. The van der Waals surface area contributed by atoms with Crippen LogP contribution in [0.2, 0.25) is 0 Å². The van der Waals surface area contributed by atoms with Crippen molar-refractivity contribution in [1.82, 2.24) is 26.2 Å². The number of aliphatic imine (C=N–C) groups is 1. The molecule has 492 valence electrons. The summed E-state index contributed by atoms with van der Waals surface area (Å²) in [6.07, 6.45) is 6.51. The van der Waals surface area contributed by atoms with Gasteiger partial charge < -0.3 is 14.2 Å². The number of furan rings is 2. The molecule has 3 aliphatic heterocycles. The van der Waals surface area contributed by atoms with Crippen molar-refractivity contribution >= 4 is 162 Å². The van der Waals surface area contributed by atoms with Crippen molar-refractivity contribution in [3.63, 3.8) is 0 Å². The van der Waals surface area contributed by atoms with Crippen molar-refractivity contribution in [2.45, 2.75) is 46.9 Å². The Morgan fingerprint density at radius 1 is 0.388 bits per heavy atom. The van der Waals surface area contributed by atoms with E-state index in [1.54, 1.807) is 0 Å². The lowest BCUT2D eigenvalue weighted by Gasteiger charge is -2.45. The highest BCUT2D eigenvalue weighted by molar-refractivity contribution is 8.00. The van der Waals surface area contributed by atoms with Crippen LogP contribution >= 0.6 is 45.8 Å². The number of fused-ring (bicyclic) bond motifs is 18. The minimum absolute atomic E-state index is 0.0729. The maximum absolute atomic E-state index is 6.44. The van der Waals surface area contributed by atoms with Crippen LogP contribution in [0.5, 0.6) is 0 Å². The lowest BCUT2D eigenvalue weighted by Crippen LogP contribution is -2.54. The number of hydrogen-bond donors (Lipinski definition) is 4. The molecule has 0 saturated carbocycles. The van der Waals surface area contributed by atoms with Gasteiger partial charge in [0.2, 0.25) is 0 Å². The van der Waals surface area contributed by atoms with E-state index in [2.05, 4.69) is 306 Å². The zero-order chi connectivity index (χ0) is 67.5. The number of nitrogens with one attached hydrogen (secondary N) is 4. The van der Waals surface area contributed by atoms with Crippen molar-refractivity contribution in [3.8, 4) is 22.3 Å². The van der Waals surface area contributed by atoms with Gasteiger partial charge in [0.1, 0.15) is 40.5 Å². The predicted octanol–water partition coefficient (Wildman–Crippen LogP) is 24.0. The van der Waals surface area contributed by atoms with Crippen LogP contribution in [0.1, 0.15) is 81.3 Å². The second-order valence-electron chi connectivity index (χ2n) is 27.8. The molecule has 4 N–H and O–H groups in total. The molecule has 0 amide bonds. The molecule has 1 saturated heterocycles. The standard InChI is InChI=1S/C91H62N6O2S4/c1-97-90(95-86(50-15-3-2-4-16-50)96-91(97)58-33-37-64-62-19-5-8-27-73(62)99-76(64)47-58)57-36-42-79-72(46-57)67-39-32-53(49-82(67)101-79)61-24-13-26-69-83-59(22-14-30-80(83)103-85(61)69)51-17-11-18-54(43-51)87-92-88(55-34-40-75-70(44-55)63-20-6-9-28-74(63)98-75)94-89(93-87)56-35-41-78-71(45-56)66-38-31-52(48-81(66)100-78)60-23-12-25-68-65-21-7-10-29-77(65)102-84(60)68/h2-49,67,82,86-87,89-91,93,95-96H,1H3,(H,92,94). The van der Waals surface area contributed by atoms with Gasteiger partial charge in [-0.05, 0) is 153 Å². The molecule has 18 aromatic rings. The number of thiophene rings is 3. The molecule has 7 unspecified atom stereocenters. The smallest absolute Gasteiger partial charge is 0.135 e.